The molecule has 3 heteroatoms. The molecule has 0 aromatic carbocycles. The Bertz CT molecular complexity index is 59.8. The van der Waals surface area contributed by atoms with E-state index in [2.05, 4.69) is 15.9 Å². The minimum atomic E-state index is 0.622. The van der Waals surface area contributed by atoms with Crippen molar-refractivity contribution in [2.24, 2.45) is 0 Å². The van der Waals surface area contributed by atoms with E-state index >= 15 is 0 Å². The molecule has 36 valence electrons. The Morgan fingerprint density at radius 2 is 2.33 bits per heavy atom. The van der Waals surface area contributed by atoms with E-state index < -0.39 is 0 Å². The van der Waals surface area contributed by atoms with Gasteiger partial charge < -0.3 is 0 Å². The first-order valence-corrected chi connectivity index (χ1v) is 3.25. The van der Waals surface area contributed by atoms with E-state index in [9.17, 15) is 0 Å². The van der Waals surface area contributed by atoms with Gasteiger partial charge in [-0.15, -0.1) is 0 Å². The third-order valence-corrected chi connectivity index (χ3v) is 1.79. The van der Waals surface area contributed by atoms with Gasteiger partial charge in [0.05, 0.1) is 0 Å². The molecule has 0 nitrogen and oxygen atoms in total. The van der Waals surface area contributed by atoms with E-state index in [0.717, 1.165) is 0 Å². The van der Waals surface area contributed by atoms with E-state index in [0.29, 0.717) is 10.4 Å². The van der Waals surface area contributed by atoms with Gasteiger partial charge in [0.1, 0.15) is 0 Å². The minimum absolute atomic E-state index is 0.622. The number of hydrogen-bond acceptors (Lipinski definition) is 0. The maximum Gasteiger partial charge on any atom is 0.0399 e. The van der Waals surface area contributed by atoms with Crippen LogP contribution in [0.15, 0.2) is 10.6 Å². The second kappa shape index (κ2) is 3.97. The number of hydrogen-bond donors (Lipinski definition) is 0. The Labute approximate surface area is 55.3 Å². The SMILES string of the molecule is Cl/C=C(\Cl)CBr. The first-order chi connectivity index (χ1) is 2.81. The molecule has 0 aliphatic heterocycles. The van der Waals surface area contributed by atoms with Gasteiger partial charge in [0.25, 0.3) is 0 Å². The van der Waals surface area contributed by atoms with Crippen LogP contribution in [-0.2, 0) is 0 Å². The Morgan fingerprint density at radius 3 is 2.33 bits per heavy atom. The lowest BCUT2D eigenvalue weighted by Crippen LogP contribution is -1.63. The van der Waals surface area contributed by atoms with E-state index in [4.69, 9.17) is 23.2 Å². The number of rotatable bonds is 1. The van der Waals surface area contributed by atoms with Crippen LogP contribution in [0.1, 0.15) is 0 Å². The third kappa shape index (κ3) is 3.01. The van der Waals surface area contributed by atoms with Gasteiger partial charge in [-0.05, 0) is 0 Å². The van der Waals surface area contributed by atoms with E-state index in [1.54, 1.807) is 0 Å². The Hall–Kier alpha value is 0.800. The Balaban J connectivity index is 3.22. The van der Waals surface area contributed by atoms with Gasteiger partial charge in [0.2, 0.25) is 0 Å². The van der Waals surface area contributed by atoms with Gasteiger partial charge in [-0.2, -0.15) is 0 Å². The topological polar surface area (TPSA) is 0 Å². The van der Waals surface area contributed by atoms with Crippen LogP contribution in [0.3, 0.4) is 0 Å². The first-order valence-electron chi connectivity index (χ1n) is 1.32. The van der Waals surface area contributed by atoms with Crippen LogP contribution >= 0.6 is 39.1 Å². The van der Waals surface area contributed by atoms with Crippen molar-refractivity contribution in [3.05, 3.63) is 10.6 Å². The Morgan fingerprint density at radius 1 is 1.83 bits per heavy atom. The van der Waals surface area contributed by atoms with Gasteiger partial charge >= 0.3 is 0 Å². The highest BCUT2D eigenvalue weighted by Gasteiger charge is 1.80. The molecule has 0 fully saturated rings. The first kappa shape index (κ1) is 6.80. The summed E-state index contributed by atoms with van der Waals surface area (Å²) in [7, 11) is 0. The lowest BCUT2D eigenvalue weighted by Gasteiger charge is -1.78. The molecule has 0 spiro atoms. The summed E-state index contributed by atoms with van der Waals surface area (Å²) >= 11 is 13.6. The highest BCUT2D eigenvalue weighted by molar-refractivity contribution is 9.09. The standard InChI is InChI=1S/C3H3BrCl2/c4-1-3(6)2-5/h2H,1H2/b3-2-. The monoisotopic (exact) mass is 188 g/mol. The van der Waals surface area contributed by atoms with Crippen molar-refractivity contribution in [2.75, 3.05) is 5.33 Å². The summed E-state index contributed by atoms with van der Waals surface area (Å²) in [6.07, 6.45) is 0. The summed E-state index contributed by atoms with van der Waals surface area (Å²) in [5, 5.41) is 1.26. The van der Waals surface area contributed by atoms with Crippen LogP contribution < -0.4 is 0 Å². The molecule has 0 atom stereocenters. The van der Waals surface area contributed by atoms with Crippen LogP contribution in [0.4, 0.5) is 0 Å². The van der Waals surface area contributed by atoms with Crippen LogP contribution in [0, 0.1) is 0 Å². The predicted molar refractivity (Wildman–Crippen MR) is 33.6 cm³/mol. The zero-order valence-corrected chi connectivity index (χ0v) is 6.02. The van der Waals surface area contributed by atoms with Crippen molar-refractivity contribution in [1.82, 2.24) is 0 Å². The maximum atomic E-state index is 5.33. The van der Waals surface area contributed by atoms with Crippen LogP contribution in [0.25, 0.3) is 0 Å². The molecule has 0 saturated carbocycles. The fourth-order valence-corrected chi connectivity index (χ4v) is 0.455. The summed E-state index contributed by atoms with van der Waals surface area (Å²) in [5.41, 5.74) is 1.33. The minimum Gasteiger partial charge on any atom is -0.0917 e. The van der Waals surface area contributed by atoms with Crippen molar-refractivity contribution in [3.63, 3.8) is 0 Å². The average Bonchev–Trinajstić information content (AvgIpc) is 1.65. The fourth-order valence-electron chi connectivity index (χ4n) is 0.0292. The van der Waals surface area contributed by atoms with Crippen LogP contribution in [0.5, 0.6) is 0 Å². The van der Waals surface area contributed by atoms with Gasteiger partial charge in [-0.3, -0.25) is 0 Å². The molecule has 0 aliphatic rings. The molecule has 0 radical (unpaired) electrons. The molecule has 0 aromatic rings. The molecule has 0 aliphatic carbocycles. The molecule has 0 saturated heterocycles. The smallest absolute Gasteiger partial charge is 0.0399 e. The van der Waals surface area contributed by atoms with Gasteiger partial charge in [-0.1, -0.05) is 39.1 Å². The second-order valence-corrected chi connectivity index (χ2v) is 1.95. The summed E-state index contributed by atoms with van der Waals surface area (Å²) in [6, 6.07) is 0. The zero-order valence-electron chi connectivity index (χ0n) is 2.92. The van der Waals surface area contributed by atoms with E-state index in [1.165, 1.54) is 5.54 Å². The largest absolute Gasteiger partial charge is 0.0917 e. The van der Waals surface area contributed by atoms with Gasteiger partial charge in [-0.25, -0.2) is 0 Å². The van der Waals surface area contributed by atoms with Gasteiger partial charge in [0.15, 0.2) is 0 Å². The normalized spacial score (nSPS) is 12.2. The molecule has 0 aromatic heterocycles. The lowest BCUT2D eigenvalue weighted by molar-refractivity contribution is 1.76. The molecule has 6 heavy (non-hydrogen) atoms. The van der Waals surface area contributed by atoms with Crippen LogP contribution in [0.2, 0.25) is 0 Å². The maximum absolute atomic E-state index is 5.33. The second-order valence-electron chi connectivity index (χ2n) is 0.690. The molecule has 0 amide bonds. The highest BCUT2D eigenvalue weighted by Crippen LogP contribution is 2.04. The van der Waals surface area contributed by atoms with Crippen molar-refractivity contribution >= 4 is 39.1 Å². The fraction of sp³-hybridized carbons (Fsp3) is 0.333. The molecule has 0 N–H and O–H groups in total. The number of allylic oxidation sites excluding steroid dienone is 1. The van der Waals surface area contributed by atoms with Gasteiger partial charge in [0, 0.05) is 15.9 Å². The summed E-state index contributed by atoms with van der Waals surface area (Å²) < 4.78 is 0. The third-order valence-electron chi connectivity index (χ3n) is 0.246. The number of alkyl halides is 1. The quantitative estimate of drug-likeness (QED) is 0.557. The molecule has 0 heterocycles. The van der Waals surface area contributed by atoms with Crippen molar-refractivity contribution in [2.45, 2.75) is 0 Å². The summed E-state index contributed by atoms with van der Waals surface area (Å²) in [4.78, 5) is 0. The molecule has 0 bridgehead atoms. The zero-order chi connectivity index (χ0) is 4.99. The molecular weight excluding hydrogens is 187 g/mol. The van der Waals surface area contributed by atoms with Crippen molar-refractivity contribution < 1.29 is 0 Å². The summed E-state index contributed by atoms with van der Waals surface area (Å²) in [6.45, 7) is 0. The Kier molecular flexibility index (Phi) is 4.50. The number of halogens is 3. The highest BCUT2D eigenvalue weighted by atomic mass is 79.9. The van der Waals surface area contributed by atoms with Crippen LogP contribution in [-0.4, -0.2) is 5.33 Å². The van der Waals surface area contributed by atoms with Crippen molar-refractivity contribution in [1.29, 1.82) is 0 Å². The average molecular weight is 190 g/mol. The molecule has 0 unspecified atom stereocenters. The lowest BCUT2D eigenvalue weighted by atomic mass is 10.8. The summed E-state index contributed by atoms with van der Waals surface area (Å²) in [5.74, 6) is 0. The van der Waals surface area contributed by atoms with E-state index in [1.807, 2.05) is 0 Å². The molecule has 0 rings (SSSR count). The predicted octanol–water partition coefficient (Wildman–Crippen LogP) is 2.70. The van der Waals surface area contributed by atoms with Crippen molar-refractivity contribution in [3.8, 4) is 0 Å². The van der Waals surface area contributed by atoms with E-state index in [-0.39, 0.29) is 0 Å². The molecular formula is C3H3BrCl2.